The van der Waals surface area contributed by atoms with Crippen LogP contribution in [0.25, 0.3) is 40.3 Å². The fraction of sp³-hybridized carbons (Fsp3) is 0. The van der Waals surface area contributed by atoms with Crippen LogP contribution in [-0.2, 0) is 0 Å². The third kappa shape index (κ3) is 3.69. The summed E-state index contributed by atoms with van der Waals surface area (Å²) in [7, 11) is 0. The Hall–Kier alpha value is -2.12. The summed E-state index contributed by atoms with van der Waals surface area (Å²) in [5.74, 6) is 0. The summed E-state index contributed by atoms with van der Waals surface area (Å²) in [4.78, 5) is 0. The van der Waals surface area contributed by atoms with Crippen LogP contribution < -0.4 is 11.5 Å². The molecular weight excluding hydrogens is 540 g/mol. The predicted molar refractivity (Wildman–Crippen MR) is 143 cm³/mol. The minimum Gasteiger partial charge on any atom is -0.399 e. The van der Waals surface area contributed by atoms with E-state index in [-0.39, 0.29) is 0 Å². The van der Waals surface area contributed by atoms with Crippen molar-refractivity contribution < 1.29 is 0 Å². The first kappa shape index (κ1) is 19.8. The first-order valence-electron chi connectivity index (χ1n) is 9.22. The number of benzene rings is 4. The maximum atomic E-state index is 5.76. The van der Waals surface area contributed by atoms with Crippen LogP contribution in [0.1, 0.15) is 0 Å². The third-order valence-corrected chi connectivity index (χ3v) is 8.14. The van der Waals surface area contributed by atoms with E-state index in [0.29, 0.717) is 0 Å². The quantitative estimate of drug-likeness (QED) is 0.184. The number of hydrogen-bond donors (Lipinski definition) is 2. The van der Waals surface area contributed by atoms with E-state index >= 15 is 0 Å². The molecule has 6 rings (SSSR count). The summed E-state index contributed by atoms with van der Waals surface area (Å²) in [6, 6.07) is 24.9. The van der Waals surface area contributed by atoms with Gasteiger partial charge in [0, 0.05) is 60.7 Å². The molecule has 0 saturated heterocycles. The van der Waals surface area contributed by atoms with Crippen molar-refractivity contribution in [3.05, 3.63) is 81.7 Å². The van der Waals surface area contributed by atoms with Crippen LogP contribution in [0.5, 0.6) is 0 Å². The third-order valence-electron chi connectivity index (χ3n) is 4.92. The highest BCUT2D eigenvalue weighted by Crippen LogP contribution is 2.37. The molecule has 30 heavy (non-hydrogen) atoms. The lowest BCUT2D eigenvalue weighted by Crippen LogP contribution is -1.82. The Morgan fingerprint density at radius 1 is 0.467 bits per heavy atom. The topological polar surface area (TPSA) is 52.0 Å². The van der Waals surface area contributed by atoms with E-state index in [2.05, 4.69) is 80.4 Å². The Morgan fingerprint density at radius 3 is 1.20 bits per heavy atom. The van der Waals surface area contributed by atoms with Crippen molar-refractivity contribution in [1.29, 1.82) is 0 Å². The van der Waals surface area contributed by atoms with Crippen molar-refractivity contribution in [2.45, 2.75) is 0 Å². The van der Waals surface area contributed by atoms with Crippen LogP contribution in [0.3, 0.4) is 0 Å². The molecule has 0 amide bonds. The number of thiophene rings is 2. The fourth-order valence-electron chi connectivity index (χ4n) is 3.53. The molecule has 0 spiro atoms. The molecule has 148 valence electrons. The lowest BCUT2D eigenvalue weighted by molar-refractivity contribution is 1.76. The molecule has 2 nitrogen and oxygen atoms in total. The van der Waals surface area contributed by atoms with Crippen LogP contribution in [-0.4, -0.2) is 0 Å². The minimum absolute atomic E-state index is 0.807. The Kier molecular flexibility index (Phi) is 5.19. The van der Waals surface area contributed by atoms with E-state index in [1.165, 1.54) is 40.3 Å². The van der Waals surface area contributed by atoms with Gasteiger partial charge in [-0.3, -0.25) is 0 Å². The first-order chi connectivity index (χ1) is 14.5. The van der Waals surface area contributed by atoms with E-state index in [1.807, 2.05) is 35.6 Å². The zero-order chi connectivity index (χ0) is 20.8. The highest BCUT2D eigenvalue weighted by Gasteiger charge is 2.06. The van der Waals surface area contributed by atoms with Gasteiger partial charge in [0.2, 0.25) is 0 Å². The van der Waals surface area contributed by atoms with Gasteiger partial charge in [-0.05, 0) is 48.5 Å². The fourth-order valence-corrected chi connectivity index (χ4v) is 6.95. The number of anilines is 2. The number of rotatable bonds is 0. The van der Waals surface area contributed by atoms with E-state index in [0.717, 1.165) is 20.3 Å². The summed E-state index contributed by atoms with van der Waals surface area (Å²) in [6.07, 6.45) is 0. The Labute approximate surface area is 198 Å². The Morgan fingerprint density at radius 2 is 0.800 bits per heavy atom. The highest BCUT2D eigenvalue weighted by molar-refractivity contribution is 9.10. The van der Waals surface area contributed by atoms with E-state index in [1.54, 1.807) is 11.3 Å². The minimum atomic E-state index is 0.807. The Bertz CT molecular complexity index is 1320. The van der Waals surface area contributed by atoms with Gasteiger partial charge < -0.3 is 11.5 Å². The molecule has 4 N–H and O–H groups in total. The lowest BCUT2D eigenvalue weighted by atomic mass is 10.1. The van der Waals surface area contributed by atoms with Crippen molar-refractivity contribution in [2.75, 3.05) is 11.5 Å². The second kappa shape index (κ2) is 7.85. The molecule has 6 aromatic rings. The molecule has 6 heteroatoms. The van der Waals surface area contributed by atoms with Gasteiger partial charge in [0.25, 0.3) is 0 Å². The molecule has 0 aliphatic heterocycles. The number of halogens is 2. The second-order valence-corrected chi connectivity index (χ2v) is 11.0. The number of nitrogens with two attached hydrogens (primary N) is 2. The number of hydrogen-bond acceptors (Lipinski definition) is 4. The molecule has 0 unspecified atom stereocenters. The van der Waals surface area contributed by atoms with Crippen molar-refractivity contribution >= 4 is 106 Å². The monoisotopic (exact) mass is 554 g/mol. The summed E-state index contributed by atoms with van der Waals surface area (Å²) in [6.45, 7) is 0. The normalized spacial score (nSPS) is 11.3. The largest absolute Gasteiger partial charge is 0.399 e. The molecule has 0 bridgehead atoms. The maximum absolute atomic E-state index is 5.76. The number of fused-ring (bicyclic) bond motifs is 6. The van der Waals surface area contributed by atoms with E-state index in [9.17, 15) is 0 Å². The van der Waals surface area contributed by atoms with Crippen LogP contribution in [0.4, 0.5) is 11.4 Å². The lowest BCUT2D eigenvalue weighted by Gasteiger charge is -1.94. The van der Waals surface area contributed by atoms with Gasteiger partial charge in [0.05, 0.1) is 0 Å². The van der Waals surface area contributed by atoms with Gasteiger partial charge in [-0.25, -0.2) is 0 Å². The maximum Gasteiger partial charge on any atom is 0.0375 e. The highest BCUT2D eigenvalue weighted by atomic mass is 79.9. The summed E-state index contributed by atoms with van der Waals surface area (Å²) < 4.78 is 7.38. The molecule has 4 aromatic carbocycles. The smallest absolute Gasteiger partial charge is 0.0375 e. The van der Waals surface area contributed by atoms with Gasteiger partial charge in [-0.2, -0.15) is 0 Å². The zero-order valence-electron chi connectivity index (χ0n) is 15.7. The molecular formula is C24H16Br2N2S2. The van der Waals surface area contributed by atoms with Gasteiger partial charge in [0.15, 0.2) is 0 Å². The molecule has 0 fully saturated rings. The molecule has 0 radical (unpaired) electrons. The van der Waals surface area contributed by atoms with Crippen molar-refractivity contribution in [3.8, 4) is 0 Å². The van der Waals surface area contributed by atoms with E-state index in [4.69, 9.17) is 11.5 Å². The second-order valence-electron chi connectivity index (χ2n) is 7.00. The Balaban J connectivity index is 0.000000128. The molecule has 2 heterocycles. The summed E-state index contributed by atoms with van der Waals surface area (Å²) in [5, 5.41) is 5.18. The molecule has 0 saturated carbocycles. The van der Waals surface area contributed by atoms with Crippen LogP contribution >= 0.6 is 54.5 Å². The number of nitrogen functional groups attached to an aromatic ring is 2. The average Bonchev–Trinajstić information content (AvgIpc) is 3.23. The molecule has 0 aliphatic rings. The first-order valence-corrected chi connectivity index (χ1v) is 12.4. The van der Waals surface area contributed by atoms with Crippen LogP contribution in [0.15, 0.2) is 81.7 Å². The van der Waals surface area contributed by atoms with Gasteiger partial charge in [-0.15, -0.1) is 22.7 Å². The standard InChI is InChI=1S/C12H6Br2S.C12H10N2S/c2*13-7-1-3-9-10-4-2-8(14)6-12(10)15-11(9)5-7/h1-6H;1-6H,13-14H2. The summed E-state index contributed by atoms with van der Waals surface area (Å²) >= 11 is 10.6. The molecule has 0 aliphatic carbocycles. The van der Waals surface area contributed by atoms with Crippen molar-refractivity contribution in [2.24, 2.45) is 0 Å². The van der Waals surface area contributed by atoms with Gasteiger partial charge in [0.1, 0.15) is 0 Å². The van der Waals surface area contributed by atoms with Crippen LogP contribution in [0.2, 0.25) is 0 Å². The summed E-state index contributed by atoms with van der Waals surface area (Å²) in [5.41, 5.74) is 13.1. The molecule has 2 aromatic heterocycles. The zero-order valence-corrected chi connectivity index (χ0v) is 20.5. The SMILES string of the molecule is Brc1ccc2c(c1)sc1cc(Br)ccc12.Nc1ccc2c(c1)sc1cc(N)ccc12. The van der Waals surface area contributed by atoms with Crippen LogP contribution in [0, 0.1) is 0 Å². The van der Waals surface area contributed by atoms with E-state index < -0.39 is 0 Å². The molecule has 0 atom stereocenters. The van der Waals surface area contributed by atoms with Gasteiger partial charge >= 0.3 is 0 Å². The van der Waals surface area contributed by atoms with Crippen molar-refractivity contribution in [3.63, 3.8) is 0 Å². The average molecular weight is 556 g/mol. The van der Waals surface area contributed by atoms with Gasteiger partial charge in [-0.1, -0.05) is 56.1 Å². The van der Waals surface area contributed by atoms with Crippen molar-refractivity contribution in [1.82, 2.24) is 0 Å². The predicted octanol–water partition coefficient (Wildman–Crippen LogP) is 8.80.